The lowest BCUT2D eigenvalue weighted by molar-refractivity contribution is -0.0532. The number of aliphatic hydroxyl groups excluding tert-OH is 3. The third-order valence-corrected chi connectivity index (χ3v) is 3.47. The topological polar surface area (TPSA) is 114 Å². The van der Waals surface area contributed by atoms with Gasteiger partial charge >= 0.3 is 0 Å². The van der Waals surface area contributed by atoms with E-state index >= 15 is 0 Å². The molecule has 3 aliphatic heterocycles. The molecule has 0 radical (unpaired) electrons. The molecule has 0 spiro atoms. The number of aliphatic hydroxyl groups is 3. The standard InChI is InChI=1S/C10H11ClN4O4/c11-8-5-9(13-2-12-5)14-3-15(8)10-7(18)6(17)4(1-16)19-10/h2-4,6-7,10,16-18H,1H2/t4-,6+,7-,10-/m1/s1. The van der Waals surface area contributed by atoms with E-state index in [4.69, 9.17) is 21.4 Å². The number of hydrogen-bond donors (Lipinski definition) is 3. The van der Waals surface area contributed by atoms with Crippen LogP contribution in [0, 0.1) is 0 Å². The normalized spacial score (nSPS) is 31.2. The third kappa shape index (κ3) is 1.88. The highest BCUT2D eigenvalue weighted by atomic mass is 35.5. The zero-order valence-electron chi connectivity index (χ0n) is 9.59. The number of hydrogen-bond acceptors (Lipinski definition) is 7. The summed E-state index contributed by atoms with van der Waals surface area (Å²) in [5.74, 6) is 0.382. The summed E-state index contributed by atoms with van der Waals surface area (Å²) in [7, 11) is 0. The molecule has 0 unspecified atom stereocenters. The molecule has 0 saturated carbocycles. The fraction of sp³-hybridized carbons (Fsp3) is 0.500. The van der Waals surface area contributed by atoms with Gasteiger partial charge < -0.3 is 20.1 Å². The Bertz CT molecular complexity index is 565. The molecule has 3 aliphatic rings. The quantitative estimate of drug-likeness (QED) is 0.609. The summed E-state index contributed by atoms with van der Waals surface area (Å²) in [5.41, 5.74) is 0.377. The second kappa shape index (κ2) is 4.66. The van der Waals surface area contributed by atoms with Gasteiger partial charge in [0.25, 0.3) is 0 Å². The van der Waals surface area contributed by atoms with Crippen molar-refractivity contribution in [3.63, 3.8) is 0 Å². The van der Waals surface area contributed by atoms with Crippen molar-refractivity contribution in [1.29, 1.82) is 0 Å². The van der Waals surface area contributed by atoms with Crippen LogP contribution in [-0.2, 0) is 4.74 Å². The summed E-state index contributed by atoms with van der Waals surface area (Å²) in [6.07, 6.45) is -1.55. The van der Waals surface area contributed by atoms with Crippen molar-refractivity contribution in [3.05, 3.63) is 17.8 Å². The van der Waals surface area contributed by atoms with Crippen LogP contribution in [0.4, 0.5) is 0 Å². The van der Waals surface area contributed by atoms with Gasteiger partial charge in [0, 0.05) is 0 Å². The summed E-state index contributed by atoms with van der Waals surface area (Å²) in [6, 6.07) is 0. The number of rotatable bonds is 2. The first-order chi connectivity index (χ1) is 9.13. The van der Waals surface area contributed by atoms with Gasteiger partial charge in [-0.15, -0.1) is 0 Å². The van der Waals surface area contributed by atoms with Crippen LogP contribution in [0.3, 0.4) is 0 Å². The predicted molar refractivity (Wildman–Crippen MR) is 62.5 cm³/mol. The zero-order chi connectivity index (χ0) is 13.6. The maximum atomic E-state index is 9.93. The highest BCUT2D eigenvalue weighted by Gasteiger charge is 2.44. The minimum Gasteiger partial charge on any atom is -0.394 e. The van der Waals surface area contributed by atoms with E-state index in [1.807, 2.05) is 0 Å². The third-order valence-electron chi connectivity index (χ3n) is 3.10. The van der Waals surface area contributed by atoms with Crippen molar-refractivity contribution in [2.45, 2.75) is 24.5 Å². The maximum absolute atomic E-state index is 9.93. The van der Waals surface area contributed by atoms with Crippen molar-refractivity contribution in [2.24, 2.45) is 0 Å². The predicted octanol–water partition coefficient (Wildman–Crippen LogP) is -0.957. The van der Waals surface area contributed by atoms with Crippen molar-refractivity contribution in [1.82, 2.24) is 19.5 Å². The highest BCUT2D eigenvalue weighted by Crippen LogP contribution is 2.34. The van der Waals surface area contributed by atoms with Gasteiger partial charge in [-0.25, -0.2) is 15.0 Å². The molecule has 9 heteroatoms. The summed E-state index contributed by atoms with van der Waals surface area (Å²) in [5, 5.41) is 28.9. The van der Waals surface area contributed by atoms with Gasteiger partial charge in [0.2, 0.25) is 0 Å². The molecule has 0 aromatic carbocycles. The highest BCUT2D eigenvalue weighted by molar-refractivity contribution is 6.31. The summed E-state index contributed by atoms with van der Waals surface area (Å²) >= 11 is 6.15. The van der Waals surface area contributed by atoms with Gasteiger partial charge in [-0.05, 0) is 0 Å². The number of ether oxygens (including phenoxy) is 1. The Balaban J connectivity index is 2.01. The van der Waals surface area contributed by atoms with Gasteiger partial charge in [0.05, 0.1) is 6.61 Å². The van der Waals surface area contributed by atoms with Gasteiger partial charge in [-0.1, -0.05) is 11.6 Å². The van der Waals surface area contributed by atoms with E-state index in [9.17, 15) is 10.2 Å². The number of fused-ring (bicyclic) bond motifs is 1. The zero-order valence-corrected chi connectivity index (χ0v) is 10.3. The lowest BCUT2D eigenvalue weighted by Crippen LogP contribution is -2.33. The number of imidazole rings is 1. The molecule has 4 atom stereocenters. The maximum Gasteiger partial charge on any atom is 0.184 e. The minimum absolute atomic E-state index is 0.192. The van der Waals surface area contributed by atoms with Crippen LogP contribution < -0.4 is 0 Å². The van der Waals surface area contributed by atoms with E-state index < -0.39 is 31.1 Å². The monoisotopic (exact) mass is 286 g/mol. The molecule has 0 bridgehead atoms. The molecule has 3 N–H and O–H groups in total. The first-order valence-corrected chi connectivity index (χ1v) is 5.96. The molecule has 0 aromatic rings. The number of nitrogens with zero attached hydrogens (tertiary/aromatic N) is 4. The smallest absolute Gasteiger partial charge is 0.184 e. The van der Waals surface area contributed by atoms with Gasteiger partial charge in [0.1, 0.15) is 41.8 Å². The summed E-state index contributed by atoms with van der Waals surface area (Å²) in [6.45, 7) is -0.404. The van der Waals surface area contributed by atoms with E-state index in [1.165, 1.54) is 17.2 Å². The first kappa shape index (κ1) is 12.7. The van der Waals surface area contributed by atoms with Gasteiger partial charge in [-0.3, -0.25) is 4.57 Å². The van der Waals surface area contributed by atoms with Gasteiger partial charge in [0.15, 0.2) is 12.1 Å². The van der Waals surface area contributed by atoms with E-state index in [-0.39, 0.29) is 5.15 Å². The SMILES string of the molecule is OC[C@H]1O[C@@H](n2cnc3ncnc-3c2Cl)[C@H](O)[C@H]1O. The second-order valence-corrected chi connectivity index (χ2v) is 4.58. The summed E-state index contributed by atoms with van der Waals surface area (Å²) < 4.78 is 6.72. The van der Waals surface area contributed by atoms with Crippen LogP contribution in [0.15, 0.2) is 12.7 Å². The molecule has 1 saturated heterocycles. The molecular weight excluding hydrogens is 276 g/mol. The van der Waals surface area contributed by atoms with Crippen molar-refractivity contribution in [3.8, 4) is 11.5 Å². The average molecular weight is 287 g/mol. The Morgan fingerprint density at radius 3 is 2.74 bits per heavy atom. The van der Waals surface area contributed by atoms with E-state index in [2.05, 4.69) is 15.0 Å². The number of halogens is 1. The summed E-state index contributed by atoms with van der Waals surface area (Å²) in [4.78, 5) is 11.9. The molecule has 8 nitrogen and oxygen atoms in total. The fourth-order valence-corrected chi connectivity index (χ4v) is 2.35. The van der Waals surface area contributed by atoms with Crippen molar-refractivity contribution >= 4 is 11.6 Å². The molecule has 3 heterocycles. The Labute approximate surface area is 112 Å². The Morgan fingerprint density at radius 2 is 2.05 bits per heavy atom. The fourth-order valence-electron chi connectivity index (χ4n) is 2.08. The van der Waals surface area contributed by atoms with Crippen LogP contribution in [0.25, 0.3) is 11.5 Å². The Kier molecular flexibility index (Phi) is 3.11. The van der Waals surface area contributed by atoms with Crippen molar-refractivity contribution < 1.29 is 20.1 Å². The molecule has 3 rings (SSSR count). The largest absolute Gasteiger partial charge is 0.394 e. The van der Waals surface area contributed by atoms with Crippen LogP contribution in [-0.4, -0.2) is 59.8 Å². The van der Waals surface area contributed by atoms with Crippen LogP contribution in [0.2, 0.25) is 5.15 Å². The number of aromatic nitrogens is 4. The van der Waals surface area contributed by atoms with Crippen LogP contribution >= 0.6 is 11.6 Å². The molecule has 102 valence electrons. The Morgan fingerprint density at radius 1 is 1.26 bits per heavy atom. The van der Waals surface area contributed by atoms with E-state index in [1.54, 1.807) is 0 Å². The van der Waals surface area contributed by atoms with Crippen molar-refractivity contribution in [2.75, 3.05) is 6.61 Å². The van der Waals surface area contributed by atoms with Crippen LogP contribution in [0.1, 0.15) is 6.23 Å². The lowest BCUT2D eigenvalue weighted by Gasteiger charge is -2.20. The Hall–Kier alpha value is -1.32. The molecule has 19 heavy (non-hydrogen) atoms. The molecular formula is C10H11ClN4O4. The van der Waals surface area contributed by atoms with Crippen LogP contribution in [0.5, 0.6) is 0 Å². The molecule has 0 aromatic heterocycles. The minimum atomic E-state index is -1.22. The average Bonchev–Trinajstić information content (AvgIpc) is 2.98. The van der Waals surface area contributed by atoms with E-state index in [0.717, 1.165) is 0 Å². The second-order valence-electron chi connectivity index (χ2n) is 4.22. The molecule has 0 amide bonds. The first-order valence-electron chi connectivity index (χ1n) is 5.59. The molecule has 0 aliphatic carbocycles. The lowest BCUT2D eigenvalue weighted by atomic mass is 10.1. The van der Waals surface area contributed by atoms with Gasteiger partial charge in [-0.2, -0.15) is 0 Å². The van der Waals surface area contributed by atoms with E-state index in [0.29, 0.717) is 11.5 Å². The molecule has 1 fully saturated rings.